The number of nitrogens with one attached hydrogen (secondary N) is 1. The zero-order chi connectivity index (χ0) is 11.8. The third kappa shape index (κ3) is 5.28. The van der Waals surface area contributed by atoms with Crippen molar-refractivity contribution in [2.45, 2.75) is 39.2 Å². The first-order valence-electron chi connectivity index (χ1n) is 6.67. The molecule has 0 saturated carbocycles. The first kappa shape index (κ1) is 13.9. The van der Waals surface area contributed by atoms with Crippen LogP contribution >= 0.6 is 0 Å². The number of unbranched alkanes of at least 4 members (excludes halogenated alkanes) is 1. The van der Waals surface area contributed by atoms with Crippen LogP contribution in [0.25, 0.3) is 0 Å². The Bertz CT molecular complexity index is 175. The molecular weight excluding hydrogens is 200 g/mol. The topological polar surface area (TPSA) is 24.5 Å². The van der Waals surface area contributed by atoms with E-state index in [0.29, 0.717) is 0 Å². The smallest absolute Gasteiger partial charge is 0.0587 e. The van der Waals surface area contributed by atoms with Crippen LogP contribution in [0.15, 0.2) is 0 Å². The van der Waals surface area contributed by atoms with E-state index in [4.69, 9.17) is 4.74 Å². The van der Waals surface area contributed by atoms with Crippen molar-refractivity contribution >= 4 is 0 Å². The van der Waals surface area contributed by atoms with Crippen molar-refractivity contribution in [3.05, 3.63) is 0 Å². The molecule has 0 spiro atoms. The van der Waals surface area contributed by atoms with E-state index in [1.165, 1.54) is 32.4 Å². The fourth-order valence-electron chi connectivity index (χ4n) is 2.56. The zero-order valence-corrected chi connectivity index (χ0v) is 11.2. The summed E-state index contributed by atoms with van der Waals surface area (Å²) >= 11 is 0. The molecule has 1 rings (SSSR count). The first-order chi connectivity index (χ1) is 7.74. The van der Waals surface area contributed by atoms with Gasteiger partial charge < -0.3 is 15.0 Å². The summed E-state index contributed by atoms with van der Waals surface area (Å²) in [5.41, 5.74) is 0. The normalized spacial score (nSPS) is 26.4. The van der Waals surface area contributed by atoms with Crippen LogP contribution in [0, 0.1) is 5.92 Å². The molecule has 0 aliphatic carbocycles. The summed E-state index contributed by atoms with van der Waals surface area (Å²) in [5.74, 6) is 0.898. The predicted octanol–water partition coefficient (Wildman–Crippen LogP) is 1.73. The summed E-state index contributed by atoms with van der Waals surface area (Å²) in [6.45, 7) is 10.2. The van der Waals surface area contributed by atoms with Crippen LogP contribution in [-0.4, -0.2) is 50.8 Å². The number of rotatable bonds is 8. The highest BCUT2D eigenvalue weighted by molar-refractivity contribution is 4.79. The number of likely N-dealkylation sites (tertiary alicyclic amines) is 1. The number of ether oxygens (including phenoxy) is 1. The summed E-state index contributed by atoms with van der Waals surface area (Å²) in [4.78, 5) is 2.64. The fraction of sp³-hybridized carbons (Fsp3) is 1.00. The summed E-state index contributed by atoms with van der Waals surface area (Å²) in [6.07, 6.45) is 3.98. The van der Waals surface area contributed by atoms with Crippen molar-refractivity contribution in [2.75, 3.05) is 39.9 Å². The van der Waals surface area contributed by atoms with Gasteiger partial charge in [-0.25, -0.2) is 0 Å². The van der Waals surface area contributed by atoms with Crippen LogP contribution in [0.3, 0.4) is 0 Å². The van der Waals surface area contributed by atoms with E-state index in [-0.39, 0.29) is 0 Å². The number of hydrogen-bond donors (Lipinski definition) is 1. The van der Waals surface area contributed by atoms with Gasteiger partial charge >= 0.3 is 0 Å². The second-order valence-electron chi connectivity index (χ2n) is 5.13. The van der Waals surface area contributed by atoms with Gasteiger partial charge in [0, 0.05) is 26.2 Å². The van der Waals surface area contributed by atoms with E-state index in [1.807, 2.05) is 0 Å². The quantitative estimate of drug-likeness (QED) is 0.640. The predicted molar refractivity (Wildman–Crippen MR) is 68.8 cm³/mol. The number of hydrogen-bond acceptors (Lipinski definition) is 3. The Balaban J connectivity index is 1.91. The molecule has 1 aliphatic rings. The maximum Gasteiger partial charge on any atom is 0.0587 e. The largest absolute Gasteiger partial charge is 0.383 e. The maximum atomic E-state index is 4.98. The van der Waals surface area contributed by atoms with Gasteiger partial charge in [-0.1, -0.05) is 6.92 Å². The van der Waals surface area contributed by atoms with Gasteiger partial charge in [0.2, 0.25) is 0 Å². The van der Waals surface area contributed by atoms with Crippen molar-refractivity contribution in [1.82, 2.24) is 10.2 Å². The van der Waals surface area contributed by atoms with E-state index in [1.54, 1.807) is 7.11 Å². The monoisotopic (exact) mass is 228 g/mol. The third-order valence-corrected chi connectivity index (χ3v) is 3.44. The second-order valence-corrected chi connectivity index (χ2v) is 5.13. The molecular formula is C13H28N2O. The Labute approximate surface area is 101 Å². The lowest BCUT2D eigenvalue weighted by Crippen LogP contribution is -2.29. The van der Waals surface area contributed by atoms with Crippen molar-refractivity contribution in [2.24, 2.45) is 5.92 Å². The number of nitrogens with zero attached hydrogens (tertiary/aromatic N) is 1. The molecule has 1 heterocycles. The minimum Gasteiger partial charge on any atom is -0.383 e. The molecule has 0 aromatic carbocycles. The molecule has 0 amide bonds. The average molecular weight is 228 g/mol. The molecule has 2 unspecified atom stereocenters. The molecule has 0 aromatic rings. The molecule has 3 heteroatoms. The fourth-order valence-corrected chi connectivity index (χ4v) is 2.56. The third-order valence-electron chi connectivity index (χ3n) is 3.44. The lowest BCUT2D eigenvalue weighted by Gasteiger charge is -2.20. The van der Waals surface area contributed by atoms with Gasteiger partial charge in [-0.3, -0.25) is 0 Å². The highest BCUT2D eigenvalue weighted by Gasteiger charge is 2.24. The van der Waals surface area contributed by atoms with Gasteiger partial charge in [0.15, 0.2) is 0 Å². The Morgan fingerprint density at radius 3 is 2.69 bits per heavy atom. The van der Waals surface area contributed by atoms with Gasteiger partial charge in [0.1, 0.15) is 0 Å². The van der Waals surface area contributed by atoms with Gasteiger partial charge in [-0.15, -0.1) is 0 Å². The Morgan fingerprint density at radius 1 is 1.25 bits per heavy atom. The van der Waals surface area contributed by atoms with Crippen LogP contribution in [0.2, 0.25) is 0 Å². The van der Waals surface area contributed by atoms with E-state index in [2.05, 4.69) is 24.1 Å². The van der Waals surface area contributed by atoms with Crippen molar-refractivity contribution in [3.63, 3.8) is 0 Å². The van der Waals surface area contributed by atoms with Crippen molar-refractivity contribution < 1.29 is 4.74 Å². The molecule has 1 saturated heterocycles. The Kier molecular flexibility index (Phi) is 7.01. The highest BCUT2D eigenvalue weighted by Crippen LogP contribution is 2.22. The summed E-state index contributed by atoms with van der Waals surface area (Å²) in [5, 5.41) is 3.39. The molecule has 96 valence electrons. The standard InChI is InChI=1S/C13H28N2O/c1-12-10-13(2)15(11-12)8-5-4-6-14-7-9-16-3/h12-14H,4-11H2,1-3H3. The molecule has 16 heavy (non-hydrogen) atoms. The lowest BCUT2D eigenvalue weighted by molar-refractivity contribution is 0.199. The number of methoxy groups -OCH3 is 1. The minimum atomic E-state index is 0.802. The molecule has 3 nitrogen and oxygen atoms in total. The van der Waals surface area contributed by atoms with Gasteiger partial charge in [-0.05, 0) is 45.2 Å². The SMILES string of the molecule is COCCNCCCCN1CC(C)CC1C. The van der Waals surface area contributed by atoms with Crippen LogP contribution in [0.5, 0.6) is 0 Å². The molecule has 0 aromatic heterocycles. The van der Waals surface area contributed by atoms with Crippen LogP contribution < -0.4 is 5.32 Å². The van der Waals surface area contributed by atoms with Gasteiger partial charge in [0.05, 0.1) is 6.61 Å². The summed E-state index contributed by atoms with van der Waals surface area (Å²) in [7, 11) is 1.75. The lowest BCUT2D eigenvalue weighted by atomic mass is 10.1. The molecule has 1 fully saturated rings. The van der Waals surface area contributed by atoms with Gasteiger partial charge in [0.25, 0.3) is 0 Å². The van der Waals surface area contributed by atoms with Crippen LogP contribution in [-0.2, 0) is 4.74 Å². The Hall–Kier alpha value is -0.120. The molecule has 1 N–H and O–H groups in total. The van der Waals surface area contributed by atoms with Gasteiger partial charge in [-0.2, -0.15) is 0 Å². The molecule has 1 aliphatic heterocycles. The molecule has 2 atom stereocenters. The van der Waals surface area contributed by atoms with E-state index in [9.17, 15) is 0 Å². The van der Waals surface area contributed by atoms with Crippen molar-refractivity contribution in [1.29, 1.82) is 0 Å². The summed E-state index contributed by atoms with van der Waals surface area (Å²) < 4.78 is 4.98. The molecule has 0 radical (unpaired) electrons. The second kappa shape index (κ2) is 8.04. The first-order valence-corrected chi connectivity index (χ1v) is 6.67. The van der Waals surface area contributed by atoms with E-state index < -0.39 is 0 Å². The minimum absolute atomic E-state index is 0.802. The Morgan fingerprint density at radius 2 is 2.06 bits per heavy atom. The zero-order valence-electron chi connectivity index (χ0n) is 11.2. The van der Waals surface area contributed by atoms with Crippen LogP contribution in [0.1, 0.15) is 33.1 Å². The van der Waals surface area contributed by atoms with E-state index in [0.717, 1.165) is 31.7 Å². The summed E-state index contributed by atoms with van der Waals surface area (Å²) in [6, 6.07) is 0.802. The highest BCUT2D eigenvalue weighted by atomic mass is 16.5. The van der Waals surface area contributed by atoms with Crippen LogP contribution in [0.4, 0.5) is 0 Å². The average Bonchev–Trinajstić information content (AvgIpc) is 2.56. The van der Waals surface area contributed by atoms with E-state index >= 15 is 0 Å². The van der Waals surface area contributed by atoms with Crippen molar-refractivity contribution in [3.8, 4) is 0 Å². The maximum absolute atomic E-state index is 4.98. The molecule has 0 bridgehead atoms.